The zero-order valence-corrected chi connectivity index (χ0v) is 25.3. The first-order chi connectivity index (χ1) is 20.3. The number of carbonyl (C=O) groups excluding carboxylic acids is 2. The van der Waals surface area contributed by atoms with Gasteiger partial charge in [-0.25, -0.2) is 0 Å². The molecule has 10 heteroatoms. The number of nitrogens with one attached hydrogen (secondary N) is 1. The molecule has 2 bridgehead atoms. The fraction of sp³-hybridized carbons (Fsp3) is 0.469. The van der Waals surface area contributed by atoms with Crippen molar-refractivity contribution in [2.75, 3.05) is 24.6 Å². The van der Waals surface area contributed by atoms with E-state index in [0.29, 0.717) is 58.0 Å². The molecule has 0 spiro atoms. The number of ether oxygens (including phenoxy) is 2. The van der Waals surface area contributed by atoms with Gasteiger partial charge in [-0.1, -0.05) is 48.3 Å². The Balaban J connectivity index is 1.05. The Bertz CT molecular complexity index is 1430. The van der Waals surface area contributed by atoms with Gasteiger partial charge in [0.1, 0.15) is 18.0 Å². The van der Waals surface area contributed by atoms with Crippen molar-refractivity contribution in [2.45, 2.75) is 64.2 Å². The van der Waals surface area contributed by atoms with Crippen LogP contribution in [0.15, 0.2) is 47.0 Å². The molecule has 0 radical (unpaired) electrons. The summed E-state index contributed by atoms with van der Waals surface area (Å²) in [6.07, 6.45) is 4.31. The highest BCUT2D eigenvalue weighted by molar-refractivity contribution is 6.39. The summed E-state index contributed by atoms with van der Waals surface area (Å²) < 4.78 is 17.5. The molecule has 3 fully saturated rings. The summed E-state index contributed by atoms with van der Waals surface area (Å²) >= 11 is 13.0. The minimum atomic E-state index is -0.435. The lowest BCUT2D eigenvalue weighted by atomic mass is 10.0. The molecular weight excluding hydrogens is 577 g/mol. The van der Waals surface area contributed by atoms with E-state index in [0.717, 1.165) is 49.2 Å². The average molecular weight is 613 g/mol. The normalized spacial score (nSPS) is 21.3. The van der Waals surface area contributed by atoms with Crippen molar-refractivity contribution in [1.29, 1.82) is 0 Å². The summed E-state index contributed by atoms with van der Waals surface area (Å²) in [5.74, 6) is 1.20. The van der Waals surface area contributed by atoms with Gasteiger partial charge >= 0.3 is 5.97 Å². The molecule has 1 N–H and O–H groups in total. The van der Waals surface area contributed by atoms with E-state index in [-0.39, 0.29) is 24.5 Å². The maximum Gasteiger partial charge on any atom is 0.325 e. The van der Waals surface area contributed by atoms with Gasteiger partial charge in [0.15, 0.2) is 0 Å². The van der Waals surface area contributed by atoms with Gasteiger partial charge in [-0.15, -0.1) is 0 Å². The predicted molar refractivity (Wildman–Crippen MR) is 161 cm³/mol. The fourth-order valence-corrected chi connectivity index (χ4v) is 6.61. The summed E-state index contributed by atoms with van der Waals surface area (Å²) in [4.78, 5) is 26.7. The highest BCUT2D eigenvalue weighted by Crippen LogP contribution is 2.47. The lowest BCUT2D eigenvalue weighted by Crippen LogP contribution is -2.38. The van der Waals surface area contributed by atoms with Crippen LogP contribution in [0.1, 0.15) is 67.1 Å². The van der Waals surface area contributed by atoms with E-state index in [1.54, 1.807) is 12.1 Å². The van der Waals surface area contributed by atoms with Crippen molar-refractivity contribution in [3.8, 4) is 11.3 Å². The summed E-state index contributed by atoms with van der Waals surface area (Å²) in [5.41, 5.74) is 3.91. The number of anilines is 1. The van der Waals surface area contributed by atoms with Crippen LogP contribution in [0.2, 0.25) is 10.0 Å². The first-order valence-electron chi connectivity index (χ1n) is 14.6. The molecule has 3 aromatic rings. The molecule has 0 unspecified atom stereocenters. The molecule has 2 saturated carbocycles. The summed E-state index contributed by atoms with van der Waals surface area (Å²) in [6.45, 7) is 5.43. The maximum absolute atomic E-state index is 12.5. The largest absolute Gasteiger partial charge is 0.464 e. The second-order valence-electron chi connectivity index (χ2n) is 11.9. The molecule has 1 amide bonds. The third kappa shape index (κ3) is 6.17. The molecule has 1 aliphatic heterocycles. The number of hydrogen-bond donors (Lipinski definition) is 1. The number of piperidine rings is 1. The third-order valence-corrected chi connectivity index (χ3v) is 8.95. The van der Waals surface area contributed by atoms with E-state index in [9.17, 15) is 9.59 Å². The summed E-state index contributed by atoms with van der Waals surface area (Å²) in [7, 11) is 0. The molecule has 3 aliphatic rings. The van der Waals surface area contributed by atoms with Crippen molar-refractivity contribution < 1.29 is 23.6 Å². The number of hydrogen-bond acceptors (Lipinski definition) is 7. The van der Waals surface area contributed by atoms with Gasteiger partial charge in [0.25, 0.3) is 5.91 Å². The van der Waals surface area contributed by atoms with Crippen LogP contribution in [0, 0.1) is 11.8 Å². The van der Waals surface area contributed by atoms with Crippen molar-refractivity contribution >= 4 is 40.8 Å². The zero-order chi connectivity index (χ0) is 29.4. The van der Waals surface area contributed by atoms with Crippen LogP contribution < -0.4 is 10.2 Å². The lowest BCUT2D eigenvalue weighted by Gasteiger charge is -2.33. The van der Waals surface area contributed by atoms with Crippen molar-refractivity contribution in [1.82, 2.24) is 10.5 Å². The number of benzene rings is 2. The number of halogens is 2. The van der Waals surface area contributed by atoms with Gasteiger partial charge in [-0.3, -0.25) is 9.59 Å². The minimum absolute atomic E-state index is 0.142. The molecule has 1 saturated heterocycles. The molecule has 2 heterocycles. The van der Waals surface area contributed by atoms with E-state index in [2.05, 4.69) is 15.4 Å². The number of amides is 1. The predicted octanol–water partition coefficient (Wildman–Crippen LogP) is 6.64. The highest BCUT2D eigenvalue weighted by atomic mass is 35.5. The van der Waals surface area contributed by atoms with Gasteiger partial charge < -0.3 is 24.2 Å². The van der Waals surface area contributed by atoms with E-state index < -0.39 is 5.97 Å². The standard InChI is InChI=1S/C32H35Cl2N3O5/c1-18(2)16-41-28(38)14-35-32(39)20-8-10-22(11-9-20)37-15-21-12-23(37)13-27(21)40-17-24-30(36-42-31(24)19-6-7-19)29-25(33)4-3-5-26(29)34/h3-5,8-11,18-19,21,23,27H,6-7,12-17H2,1-2H3,(H,35,39)/t21-,23-,27+/m0/s1. The van der Waals surface area contributed by atoms with Crippen LogP contribution in [0.25, 0.3) is 11.3 Å². The lowest BCUT2D eigenvalue weighted by molar-refractivity contribution is -0.143. The van der Waals surface area contributed by atoms with Gasteiger partial charge in [0, 0.05) is 46.8 Å². The Labute approximate surface area is 255 Å². The fourth-order valence-electron chi connectivity index (χ4n) is 6.03. The monoisotopic (exact) mass is 611 g/mol. The first kappa shape index (κ1) is 29.0. The first-order valence-corrected chi connectivity index (χ1v) is 15.4. The topological polar surface area (TPSA) is 93.9 Å². The molecule has 2 aliphatic carbocycles. The minimum Gasteiger partial charge on any atom is -0.464 e. The molecule has 1 aromatic heterocycles. The number of aromatic nitrogens is 1. The van der Waals surface area contributed by atoms with E-state index in [4.69, 9.17) is 37.2 Å². The Morgan fingerprint density at radius 3 is 2.48 bits per heavy atom. The molecule has 6 rings (SSSR count). The second-order valence-corrected chi connectivity index (χ2v) is 12.8. The Hall–Kier alpha value is -3.07. The van der Waals surface area contributed by atoms with Crippen molar-refractivity contribution in [3.63, 3.8) is 0 Å². The molecule has 222 valence electrons. The van der Waals surface area contributed by atoms with Gasteiger partial charge in [0.2, 0.25) is 0 Å². The summed E-state index contributed by atoms with van der Waals surface area (Å²) in [5, 5.41) is 8.11. The second kappa shape index (κ2) is 12.3. The van der Waals surface area contributed by atoms with Gasteiger partial charge in [-0.05, 0) is 68.0 Å². The molecular formula is C32H35Cl2N3O5. The number of carbonyl (C=O) groups is 2. The van der Waals surface area contributed by atoms with E-state index in [1.807, 2.05) is 44.2 Å². The number of fused-ring (bicyclic) bond motifs is 2. The Kier molecular flexibility index (Phi) is 8.48. The highest BCUT2D eigenvalue weighted by Gasteiger charge is 2.45. The Morgan fingerprint density at radius 2 is 1.83 bits per heavy atom. The maximum atomic E-state index is 12.5. The third-order valence-electron chi connectivity index (χ3n) is 8.32. The van der Waals surface area contributed by atoms with Crippen molar-refractivity contribution in [3.05, 3.63) is 69.4 Å². The molecule has 3 atom stereocenters. The summed E-state index contributed by atoms with van der Waals surface area (Å²) in [6, 6.07) is 13.4. The van der Waals surface area contributed by atoms with Crippen LogP contribution in [-0.2, 0) is 20.9 Å². The molecule has 8 nitrogen and oxygen atoms in total. The smallest absolute Gasteiger partial charge is 0.325 e. The van der Waals surface area contributed by atoms with Crippen LogP contribution >= 0.6 is 23.2 Å². The zero-order valence-electron chi connectivity index (χ0n) is 23.8. The Morgan fingerprint density at radius 1 is 1.10 bits per heavy atom. The molecule has 42 heavy (non-hydrogen) atoms. The van der Waals surface area contributed by atoms with Crippen LogP contribution in [0.4, 0.5) is 5.69 Å². The van der Waals surface area contributed by atoms with E-state index in [1.165, 1.54) is 0 Å². The van der Waals surface area contributed by atoms with Gasteiger partial charge in [0.05, 0.1) is 29.4 Å². The van der Waals surface area contributed by atoms with Crippen LogP contribution in [0.5, 0.6) is 0 Å². The number of esters is 1. The quantitative estimate of drug-likeness (QED) is 0.243. The van der Waals surface area contributed by atoms with Crippen LogP contribution in [0.3, 0.4) is 0 Å². The van der Waals surface area contributed by atoms with Crippen LogP contribution in [-0.4, -0.2) is 48.9 Å². The van der Waals surface area contributed by atoms with Crippen molar-refractivity contribution in [2.24, 2.45) is 11.8 Å². The molecule has 2 aromatic carbocycles. The number of nitrogens with zero attached hydrogens (tertiary/aromatic N) is 2. The van der Waals surface area contributed by atoms with E-state index >= 15 is 0 Å². The average Bonchev–Trinajstić information content (AvgIpc) is 3.43. The SMILES string of the molecule is CC(C)COC(=O)CNC(=O)c1ccc(N2C[C@@H]3C[C@H]2C[C@H]3OCc2c(-c3c(Cl)cccc3Cl)noc2C2CC2)cc1. The van der Waals surface area contributed by atoms with Gasteiger partial charge in [-0.2, -0.15) is 0 Å². The number of rotatable bonds is 11.